The molecule has 0 aromatic carbocycles. The van der Waals surface area contributed by atoms with E-state index >= 15 is 0 Å². The van der Waals surface area contributed by atoms with Gasteiger partial charge in [-0.2, -0.15) is 0 Å². The van der Waals surface area contributed by atoms with Crippen molar-refractivity contribution in [2.75, 3.05) is 29.9 Å². The molecule has 2 aliphatic rings. The summed E-state index contributed by atoms with van der Waals surface area (Å²) in [6.45, 7) is 5.79. The van der Waals surface area contributed by atoms with Crippen LogP contribution in [0.3, 0.4) is 0 Å². The highest BCUT2D eigenvalue weighted by atomic mass is 15.2. The van der Waals surface area contributed by atoms with Crippen LogP contribution in [-0.2, 0) is 6.42 Å². The van der Waals surface area contributed by atoms with E-state index in [0.29, 0.717) is 0 Å². The molecule has 3 rings (SSSR count). The molecule has 1 aromatic rings. The van der Waals surface area contributed by atoms with Crippen molar-refractivity contribution in [1.29, 1.82) is 0 Å². The monoisotopic (exact) mass is 203 g/mol. The molecule has 0 saturated carbocycles. The third kappa shape index (κ3) is 1.46. The second kappa shape index (κ2) is 3.40. The second-order valence-corrected chi connectivity index (χ2v) is 4.67. The van der Waals surface area contributed by atoms with Gasteiger partial charge in [-0.1, -0.05) is 6.92 Å². The topological polar surface area (TPSA) is 28.2 Å². The maximum atomic E-state index is 4.37. The number of hydrogen-bond donors (Lipinski definition) is 1. The van der Waals surface area contributed by atoms with Gasteiger partial charge < -0.3 is 10.2 Å². The molecule has 0 spiro atoms. The Kier molecular flexibility index (Phi) is 2.04. The zero-order valence-corrected chi connectivity index (χ0v) is 9.16. The normalized spacial score (nSPS) is 24.1. The van der Waals surface area contributed by atoms with Crippen LogP contribution in [0.25, 0.3) is 0 Å². The van der Waals surface area contributed by atoms with E-state index in [2.05, 4.69) is 28.2 Å². The fraction of sp³-hybridized carbons (Fsp3) is 0.583. The van der Waals surface area contributed by atoms with Gasteiger partial charge in [-0.25, -0.2) is 4.98 Å². The van der Waals surface area contributed by atoms with Crippen molar-refractivity contribution < 1.29 is 0 Å². The van der Waals surface area contributed by atoms with Crippen LogP contribution >= 0.6 is 0 Å². The highest BCUT2D eigenvalue weighted by Crippen LogP contribution is 2.32. The van der Waals surface area contributed by atoms with Crippen LogP contribution in [0.5, 0.6) is 0 Å². The molecule has 0 radical (unpaired) electrons. The van der Waals surface area contributed by atoms with Gasteiger partial charge in [-0.05, 0) is 24.8 Å². The van der Waals surface area contributed by atoms with E-state index in [4.69, 9.17) is 0 Å². The summed E-state index contributed by atoms with van der Waals surface area (Å²) in [7, 11) is 0. The lowest BCUT2D eigenvalue weighted by molar-refractivity contribution is 0.659. The Labute approximate surface area is 90.5 Å². The fourth-order valence-corrected chi connectivity index (χ4v) is 2.64. The third-order valence-corrected chi connectivity index (χ3v) is 3.46. The van der Waals surface area contributed by atoms with Gasteiger partial charge in [-0.3, -0.25) is 0 Å². The standard InChI is InChI=1S/C12H17N3/c1-9-4-7-15(8-9)11-3-6-14-12-10(11)2-5-13-12/h3,6,9H,2,4-5,7-8H2,1H3,(H,13,14). The Hall–Kier alpha value is -1.25. The van der Waals surface area contributed by atoms with E-state index in [9.17, 15) is 0 Å². The maximum Gasteiger partial charge on any atom is 0.131 e. The number of anilines is 2. The van der Waals surface area contributed by atoms with E-state index in [1.165, 1.54) is 30.8 Å². The van der Waals surface area contributed by atoms with Crippen molar-refractivity contribution in [2.45, 2.75) is 19.8 Å². The number of fused-ring (bicyclic) bond motifs is 1. The molecule has 1 unspecified atom stereocenters. The summed E-state index contributed by atoms with van der Waals surface area (Å²) in [6.07, 6.45) is 4.38. The molecular weight excluding hydrogens is 186 g/mol. The Morgan fingerprint density at radius 2 is 2.47 bits per heavy atom. The third-order valence-electron chi connectivity index (χ3n) is 3.46. The average Bonchev–Trinajstić information content (AvgIpc) is 2.84. The molecule has 3 heterocycles. The highest BCUT2D eigenvalue weighted by molar-refractivity contribution is 5.66. The van der Waals surface area contributed by atoms with Gasteiger partial charge in [0, 0.05) is 37.1 Å². The van der Waals surface area contributed by atoms with Gasteiger partial charge in [0.1, 0.15) is 5.82 Å². The van der Waals surface area contributed by atoms with Crippen LogP contribution in [0.1, 0.15) is 18.9 Å². The van der Waals surface area contributed by atoms with E-state index in [0.717, 1.165) is 24.7 Å². The minimum absolute atomic E-state index is 0.836. The first kappa shape index (κ1) is 9.01. The second-order valence-electron chi connectivity index (χ2n) is 4.67. The van der Waals surface area contributed by atoms with Crippen LogP contribution < -0.4 is 10.2 Å². The number of pyridine rings is 1. The average molecular weight is 203 g/mol. The summed E-state index contributed by atoms with van der Waals surface area (Å²) in [6, 6.07) is 2.17. The molecule has 0 aliphatic carbocycles. The zero-order valence-electron chi connectivity index (χ0n) is 9.16. The van der Waals surface area contributed by atoms with Crippen LogP contribution in [0.2, 0.25) is 0 Å². The Bertz CT molecular complexity index is 375. The molecule has 1 N–H and O–H groups in total. The summed E-state index contributed by atoms with van der Waals surface area (Å²) in [5.74, 6) is 1.94. The SMILES string of the molecule is CC1CCN(c2ccnc3c2CCN3)C1. The highest BCUT2D eigenvalue weighted by Gasteiger charge is 2.24. The van der Waals surface area contributed by atoms with Crippen molar-refractivity contribution in [3.05, 3.63) is 17.8 Å². The van der Waals surface area contributed by atoms with Gasteiger partial charge >= 0.3 is 0 Å². The lowest BCUT2D eigenvalue weighted by Crippen LogP contribution is -2.20. The quantitative estimate of drug-likeness (QED) is 0.755. The smallest absolute Gasteiger partial charge is 0.131 e. The van der Waals surface area contributed by atoms with Gasteiger partial charge in [0.15, 0.2) is 0 Å². The Morgan fingerprint density at radius 1 is 1.53 bits per heavy atom. The van der Waals surface area contributed by atoms with Crippen LogP contribution in [0.4, 0.5) is 11.5 Å². The molecule has 80 valence electrons. The van der Waals surface area contributed by atoms with Crippen LogP contribution in [0.15, 0.2) is 12.3 Å². The van der Waals surface area contributed by atoms with Crippen molar-refractivity contribution in [3.8, 4) is 0 Å². The number of nitrogens with zero attached hydrogens (tertiary/aromatic N) is 2. The number of aromatic nitrogens is 1. The molecule has 0 amide bonds. The minimum atomic E-state index is 0.836. The zero-order chi connectivity index (χ0) is 10.3. The fourth-order valence-electron chi connectivity index (χ4n) is 2.64. The number of rotatable bonds is 1. The van der Waals surface area contributed by atoms with Crippen LogP contribution in [-0.4, -0.2) is 24.6 Å². The summed E-state index contributed by atoms with van der Waals surface area (Å²) in [4.78, 5) is 6.88. The first-order chi connectivity index (χ1) is 7.34. The van der Waals surface area contributed by atoms with Gasteiger partial charge in [0.25, 0.3) is 0 Å². The summed E-state index contributed by atoms with van der Waals surface area (Å²) in [5.41, 5.74) is 2.83. The molecular formula is C12H17N3. The molecule has 1 atom stereocenters. The largest absolute Gasteiger partial charge is 0.371 e. The molecule has 1 saturated heterocycles. The first-order valence-electron chi connectivity index (χ1n) is 5.81. The first-order valence-corrected chi connectivity index (χ1v) is 5.81. The van der Waals surface area contributed by atoms with Crippen molar-refractivity contribution in [2.24, 2.45) is 5.92 Å². The molecule has 1 fully saturated rings. The minimum Gasteiger partial charge on any atom is -0.371 e. The lowest BCUT2D eigenvalue weighted by Gasteiger charge is -2.20. The molecule has 1 aromatic heterocycles. The van der Waals surface area contributed by atoms with E-state index in [1.807, 2.05) is 6.20 Å². The predicted molar refractivity (Wildman–Crippen MR) is 62.4 cm³/mol. The molecule has 15 heavy (non-hydrogen) atoms. The molecule has 3 nitrogen and oxygen atoms in total. The van der Waals surface area contributed by atoms with Gasteiger partial charge in [0.05, 0.1) is 0 Å². The van der Waals surface area contributed by atoms with E-state index in [1.54, 1.807) is 0 Å². The predicted octanol–water partition coefficient (Wildman–Crippen LogP) is 1.90. The molecule has 2 aliphatic heterocycles. The van der Waals surface area contributed by atoms with Crippen molar-refractivity contribution in [3.63, 3.8) is 0 Å². The number of hydrogen-bond acceptors (Lipinski definition) is 3. The Balaban J connectivity index is 1.95. The Morgan fingerprint density at radius 3 is 3.27 bits per heavy atom. The summed E-state index contributed by atoms with van der Waals surface area (Å²) in [5, 5.41) is 3.34. The van der Waals surface area contributed by atoms with Gasteiger partial charge in [0.2, 0.25) is 0 Å². The van der Waals surface area contributed by atoms with E-state index in [-0.39, 0.29) is 0 Å². The van der Waals surface area contributed by atoms with Crippen molar-refractivity contribution in [1.82, 2.24) is 4.98 Å². The van der Waals surface area contributed by atoms with E-state index < -0.39 is 0 Å². The maximum absolute atomic E-state index is 4.37. The van der Waals surface area contributed by atoms with Crippen LogP contribution in [0, 0.1) is 5.92 Å². The van der Waals surface area contributed by atoms with Crippen molar-refractivity contribution >= 4 is 11.5 Å². The molecule has 0 bridgehead atoms. The summed E-state index contributed by atoms with van der Waals surface area (Å²) < 4.78 is 0. The lowest BCUT2D eigenvalue weighted by atomic mass is 10.1. The van der Waals surface area contributed by atoms with Gasteiger partial charge in [-0.15, -0.1) is 0 Å². The number of nitrogens with one attached hydrogen (secondary N) is 1. The summed E-state index contributed by atoms with van der Waals surface area (Å²) >= 11 is 0. The molecule has 3 heteroatoms.